The third kappa shape index (κ3) is 1.24. The minimum Gasteiger partial charge on any atom is -0.382 e. The Morgan fingerprint density at radius 3 is 2.73 bits per heavy atom. The molecule has 0 radical (unpaired) electrons. The molecular formula is C11H13N3S. The molecule has 0 atom stereocenters. The van der Waals surface area contributed by atoms with Crippen molar-refractivity contribution in [1.29, 1.82) is 0 Å². The zero-order valence-electron chi connectivity index (χ0n) is 8.71. The lowest BCUT2D eigenvalue weighted by molar-refractivity contribution is 0.683. The minimum atomic E-state index is 0.667. The molecule has 1 aliphatic rings. The number of fused-ring (bicyclic) bond motifs is 3. The number of aromatic nitrogens is 2. The van der Waals surface area contributed by atoms with Crippen molar-refractivity contribution in [2.24, 2.45) is 0 Å². The number of anilines is 1. The van der Waals surface area contributed by atoms with E-state index in [0.717, 1.165) is 23.1 Å². The zero-order valence-corrected chi connectivity index (χ0v) is 9.52. The molecule has 2 N–H and O–H groups in total. The maximum atomic E-state index is 5.91. The normalized spacial score (nSPS) is 15.5. The lowest BCUT2D eigenvalue weighted by atomic mass is 9.89. The first-order valence-corrected chi connectivity index (χ1v) is 6.08. The molecule has 2 heterocycles. The minimum absolute atomic E-state index is 0.667. The Bertz CT molecular complexity index is 530. The van der Waals surface area contributed by atoms with Crippen LogP contribution in [0.2, 0.25) is 0 Å². The standard InChI is InChI=1S/C11H13N3S/c1-6-7-4-2-3-5-8(7)9-10(12)14-15-11(9)13-6/h2-5H2,1H3,(H2,12,14). The van der Waals surface area contributed by atoms with Gasteiger partial charge < -0.3 is 5.73 Å². The highest BCUT2D eigenvalue weighted by Crippen LogP contribution is 2.34. The van der Waals surface area contributed by atoms with Crippen molar-refractivity contribution in [3.63, 3.8) is 0 Å². The smallest absolute Gasteiger partial charge is 0.146 e. The van der Waals surface area contributed by atoms with Crippen LogP contribution in [0.25, 0.3) is 10.2 Å². The quantitative estimate of drug-likeness (QED) is 0.740. The topological polar surface area (TPSA) is 51.8 Å². The number of rotatable bonds is 0. The molecule has 0 bridgehead atoms. The molecule has 2 aromatic heterocycles. The van der Waals surface area contributed by atoms with Gasteiger partial charge in [0, 0.05) is 5.69 Å². The van der Waals surface area contributed by atoms with E-state index in [-0.39, 0.29) is 0 Å². The van der Waals surface area contributed by atoms with Crippen molar-refractivity contribution in [2.75, 3.05) is 5.73 Å². The van der Waals surface area contributed by atoms with E-state index < -0.39 is 0 Å². The summed E-state index contributed by atoms with van der Waals surface area (Å²) in [7, 11) is 0. The highest BCUT2D eigenvalue weighted by Gasteiger charge is 2.19. The zero-order chi connectivity index (χ0) is 10.4. The van der Waals surface area contributed by atoms with Gasteiger partial charge in [0.1, 0.15) is 10.6 Å². The van der Waals surface area contributed by atoms with Gasteiger partial charge in [-0.2, -0.15) is 4.37 Å². The fraction of sp³-hybridized carbons (Fsp3) is 0.455. The molecule has 4 heteroatoms. The second-order valence-corrected chi connectivity index (χ2v) is 4.86. The second-order valence-electron chi connectivity index (χ2n) is 4.11. The summed E-state index contributed by atoms with van der Waals surface area (Å²) in [6.07, 6.45) is 4.83. The van der Waals surface area contributed by atoms with Crippen molar-refractivity contribution in [3.8, 4) is 0 Å². The lowest BCUT2D eigenvalue weighted by Crippen LogP contribution is -2.07. The fourth-order valence-corrected chi connectivity index (χ4v) is 3.23. The largest absolute Gasteiger partial charge is 0.382 e. The summed E-state index contributed by atoms with van der Waals surface area (Å²) in [6, 6.07) is 0. The molecule has 0 saturated carbocycles. The Balaban J connectivity index is 2.42. The van der Waals surface area contributed by atoms with Crippen LogP contribution in [0.1, 0.15) is 29.7 Å². The summed E-state index contributed by atoms with van der Waals surface area (Å²) in [5.74, 6) is 0.667. The van der Waals surface area contributed by atoms with Crippen molar-refractivity contribution >= 4 is 27.6 Å². The molecular weight excluding hydrogens is 206 g/mol. The Morgan fingerprint density at radius 1 is 1.20 bits per heavy atom. The SMILES string of the molecule is Cc1nc2snc(N)c2c2c1CCCC2. The van der Waals surface area contributed by atoms with E-state index in [1.54, 1.807) is 0 Å². The highest BCUT2D eigenvalue weighted by molar-refractivity contribution is 7.13. The van der Waals surface area contributed by atoms with Crippen molar-refractivity contribution in [2.45, 2.75) is 32.6 Å². The number of pyridine rings is 1. The van der Waals surface area contributed by atoms with E-state index in [9.17, 15) is 0 Å². The molecule has 1 aliphatic carbocycles. The summed E-state index contributed by atoms with van der Waals surface area (Å²) >= 11 is 1.41. The lowest BCUT2D eigenvalue weighted by Gasteiger charge is -2.18. The predicted octanol–water partition coefficient (Wildman–Crippen LogP) is 2.46. The molecule has 0 aliphatic heterocycles. The van der Waals surface area contributed by atoms with Gasteiger partial charge in [-0.15, -0.1) is 0 Å². The maximum absolute atomic E-state index is 5.91. The van der Waals surface area contributed by atoms with E-state index in [0.29, 0.717) is 5.82 Å². The van der Waals surface area contributed by atoms with E-state index in [1.165, 1.54) is 41.2 Å². The Morgan fingerprint density at radius 2 is 1.93 bits per heavy atom. The van der Waals surface area contributed by atoms with Gasteiger partial charge in [-0.25, -0.2) is 4.98 Å². The van der Waals surface area contributed by atoms with E-state index in [1.807, 2.05) is 0 Å². The molecule has 2 aromatic rings. The molecule has 0 saturated heterocycles. The van der Waals surface area contributed by atoms with Crippen LogP contribution >= 0.6 is 11.5 Å². The predicted molar refractivity (Wildman–Crippen MR) is 63.2 cm³/mol. The van der Waals surface area contributed by atoms with Gasteiger partial charge in [-0.1, -0.05) is 0 Å². The fourth-order valence-electron chi connectivity index (χ4n) is 2.45. The third-order valence-electron chi connectivity index (χ3n) is 3.18. The number of nitrogens with zero attached hydrogens (tertiary/aromatic N) is 2. The van der Waals surface area contributed by atoms with Gasteiger partial charge in [0.15, 0.2) is 0 Å². The summed E-state index contributed by atoms with van der Waals surface area (Å²) in [4.78, 5) is 5.59. The van der Waals surface area contributed by atoms with Crippen molar-refractivity contribution < 1.29 is 0 Å². The van der Waals surface area contributed by atoms with Crippen LogP contribution < -0.4 is 5.73 Å². The molecule has 0 aromatic carbocycles. The molecule has 0 fully saturated rings. The summed E-state index contributed by atoms with van der Waals surface area (Å²) < 4.78 is 4.20. The van der Waals surface area contributed by atoms with Gasteiger partial charge in [0.05, 0.1) is 5.39 Å². The van der Waals surface area contributed by atoms with E-state index in [4.69, 9.17) is 5.73 Å². The van der Waals surface area contributed by atoms with Gasteiger partial charge in [0.2, 0.25) is 0 Å². The number of aryl methyl sites for hydroxylation is 2. The summed E-state index contributed by atoms with van der Waals surface area (Å²) in [5, 5.41) is 1.13. The summed E-state index contributed by atoms with van der Waals surface area (Å²) in [6.45, 7) is 2.10. The highest BCUT2D eigenvalue weighted by atomic mass is 32.1. The van der Waals surface area contributed by atoms with Crippen LogP contribution in [-0.2, 0) is 12.8 Å². The number of nitrogens with two attached hydrogens (primary N) is 1. The maximum Gasteiger partial charge on any atom is 0.146 e. The number of hydrogen-bond acceptors (Lipinski definition) is 4. The van der Waals surface area contributed by atoms with Crippen molar-refractivity contribution in [1.82, 2.24) is 9.36 Å². The van der Waals surface area contributed by atoms with Crippen LogP contribution in [0.4, 0.5) is 5.82 Å². The molecule has 3 rings (SSSR count). The third-order valence-corrected chi connectivity index (χ3v) is 3.93. The molecule has 0 amide bonds. The van der Waals surface area contributed by atoms with Crippen LogP contribution in [0.15, 0.2) is 0 Å². The number of nitrogen functional groups attached to an aromatic ring is 1. The molecule has 0 unspecified atom stereocenters. The van der Waals surface area contributed by atoms with Gasteiger partial charge >= 0.3 is 0 Å². The average Bonchev–Trinajstić information content (AvgIpc) is 2.61. The van der Waals surface area contributed by atoms with Crippen LogP contribution in [0.3, 0.4) is 0 Å². The number of hydrogen-bond donors (Lipinski definition) is 1. The van der Waals surface area contributed by atoms with E-state index >= 15 is 0 Å². The van der Waals surface area contributed by atoms with Gasteiger partial charge in [-0.3, -0.25) is 0 Å². The van der Waals surface area contributed by atoms with E-state index in [2.05, 4.69) is 16.3 Å². The van der Waals surface area contributed by atoms with Gasteiger partial charge in [-0.05, 0) is 55.3 Å². The molecule has 3 nitrogen and oxygen atoms in total. The molecule has 15 heavy (non-hydrogen) atoms. The van der Waals surface area contributed by atoms with Crippen LogP contribution in [0.5, 0.6) is 0 Å². The Hall–Kier alpha value is -1.16. The van der Waals surface area contributed by atoms with Crippen LogP contribution in [0, 0.1) is 6.92 Å². The first kappa shape index (κ1) is 9.09. The van der Waals surface area contributed by atoms with Crippen LogP contribution in [-0.4, -0.2) is 9.36 Å². The van der Waals surface area contributed by atoms with Gasteiger partial charge in [0.25, 0.3) is 0 Å². The first-order chi connectivity index (χ1) is 7.27. The molecule has 78 valence electrons. The average molecular weight is 219 g/mol. The Kier molecular flexibility index (Phi) is 1.92. The second kappa shape index (κ2) is 3.17. The summed E-state index contributed by atoms with van der Waals surface area (Å²) in [5.41, 5.74) is 9.91. The monoisotopic (exact) mass is 219 g/mol. The molecule has 0 spiro atoms. The first-order valence-electron chi connectivity index (χ1n) is 5.30. The Labute approximate surface area is 92.5 Å². The van der Waals surface area contributed by atoms with Crippen molar-refractivity contribution in [3.05, 3.63) is 16.8 Å².